The summed E-state index contributed by atoms with van der Waals surface area (Å²) >= 11 is 4.49. The molecular formula is C17H22N4O3S3. The smallest absolute Gasteiger partial charge is 0.255 e. The van der Waals surface area contributed by atoms with Gasteiger partial charge in [0, 0.05) is 0 Å². The number of rotatable bonds is 10. The summed E-state index contributed by atoms with van der Waals surface area (Å²) in [4.78, 5) is 25.3. The molecule has 7 nitrogen and oxygen atoms in total. The maximum Gasteiger partial charge on any atom is 0.255 e. The molecule has 1 aromatic carbocycles. The van der Waals surface area contributed by atoms with Crippen molar-refractivity contribution in [2.75, 3.05) is 30.2 Å². The van der Waals surface area contributed by atoms with E-state index in [2.05, 4.69) is 20.8 Å². The maximum atomic E-state index is 12.7. The zero-order chi connectivity index (χ0) is 19.6. The number of para-hydroxylation sites is 1. The number of carbonyl (C=O) groups is 2. The van der Waals surface area contributed by atoms with E-state index >= 15 is 0 Å². The third kappa shape index (κ3) is 6.40. The lowest BCUT2D eigenvalue weighted by atomic mass is 10.1. The summed E-state index contributed by atoms with van der Waals surface area (Å²) in [6, 6.07) is 6.23. The first kappa shape index (κ1) is 21.5. The quantitative estimate of drug-likeness (QED) is 0.445. The van der Waals surface area contributed by atoms with Crippen molar-refractivity contribution in [1.29, 1.82) is 0 Å². The Labute approximate surface area is 171 Å². The SMILES string of the molecule is CCSc1nnc(NC(=O)C(CCSC)NC(=O)c2ccccc2OC)s1. The highest BCUT2D eigenvalue weighted by Crippen LogP contribution is 2.25. The van der Waals surface area contributed by atoms with Crippen LogP contribution in [0.25, 0.3) is 0 Å². The highest BCUT2D eigenvalue weighted by Gasteiger charge is 2.23. The van der Waals surface area contributed by atoms with E-state index in [1.54, 1.807) is 47.8 Å². The first-order valence-electron chi connectivity index (χ1n) is 8.29. The van der Waals surface area contributed by atoms with Crippen LogP contribution >= 0.6 is 34.9 Å². The third-order valence-electron chi connectivity index (χ3n) is 3.49. The average Bonchev–Trinajstić information content (AvgIpc) is 3.11. The van der Waals surface area contributed by atoms with E-state index in [1.807, 2.05) is 13.2 Å². The summed E-state index contributed by atoms with van der Waals surface area (Å²) in [6.45, 7) is 2.02. The fourth-order valence-electron chi connectivity index (χ4n) is 2.21. The minimum atomic E-state index is -0.680. The number of methoxy groups -OCH3 is 1. The number of nitrogens with zero attached hydrogens (tertiary/aromatic N) is 2. The molecule has 27 heavy (non-hydrogen) atoms. The second-order valence-corrected chi connectivity index (χ2v) is 8.78. The maximum absolute atomic E-state index is 12.7. The van der Waals surface area contributed by atoms with E-state index in [4.69, 9.17) is 4.74 Å². The molecule has 2 N–H and O–H groups in total. The average molecular weight is 427 g/mol. The summed E-state index contributed by atoms with van der Waals surface area (Å²) in [6.07, 6.45) is 2.46. The molecule has 1 unspecified atom stereocenters. The molecule has 1 heterocycles. The minimum absolute atomic E-state index is 0.309. The number of aromatic nitrogens is 2. The topological polar surface area (TPSA) is 93.2 Å². The van der Waals surface area contributed by atoms with E-state index in [-0.39, 0.29) is 11.8 Å². The Morgan fingerprint density at radius 2 is 2.07 bits per heavy atom. The van der Waals surface area contributed by atoms with Crippen molar-refractivity contribution >= 4 is 51.8 Å². The molecule has 0 aliphatic heterocycles. The van der Waals surface area contributed by atoms with Gasteiger partial charge < -0.3 is 10.1 Å². The molecule has 2 amide bonds. The number of amides is 2. The molecule has 0 bridgehead atoms. The summed E-state index contributed by atoms with van der Waals surface area (Å²) < 4.78 is 6.02. The van der Waals surface area contributed by atoms with Crippen LogP contribution in [-0.4, -0.2) is 52.9 Å². The van der Waals surface area contributed by atoms with Crippen molar-refractivity contribution in [2.24, 2.45) is 0 Å². The number of anilines is 1. The van der Waals surface area contributed by atoms with Crippen LogP contribution in [0.4, 0.5) is 5.13 Å². The van der Waals surface area contributed by atoms with Gasteiger partial charge in [0.1, 0.15) is 11.8 Å². The molecule has 0 radical (unpaired) electrons. The molecule has 0 aliphatic rings. The van der Waals surface area contributed by atoms with Crippen LogP contribution in [0, 0.1) is 0 Å². The zero-order valence-corrected chi connectivity index (χ0v) is 17.8. The molecule has 1 aromatic heterocycles. The Kier molecular flexibility index (Phi) is 8.89. The lowest BCUT2D eigenvalue weighted by molar-refractivity contribution is -0.118. The monoisotopic (exact) mass is 426 g/mol. The second-order valence-electron chi connectivity index (χ2n) is 5.30. The van der Waals surface area contributed by atoms with E-state index < -0.39 is 6.04 Å². The Morgan fingerprint density at radius 1 is 1.30 bits per heavy atom. The van der Waals surface area contributed by atoms with Gasteiger partial charge in [-0.3, -0.25) is 14.9 Å². The van der Waals surface area contributed by atoms with E-state index in [9.17, 15) is 9.59 Å². The van der Waals surface area contributed by atoms with Crippen LogP contribution in [0.2, 0.25) is 0 Å². The number of benzene rings is 1. The van der Waals surface area contributed by atoms with Crippen LogP contribution in [-0.2, 0) is 4.79 Å². The van der Waals surface area contributed by atoms with Gasteiger partial charge in [-0.15, -0.1) is 10.2 Å². The predicted molar refractivity (Wildman–Crippen MR) is 112 cm³/mol. The molecule has 0 spiro atoms. The number of hydrogen-bond donors (Lipinski definition) is 2. The standard InChI is InChI=1S/C17H22N4O3S3/c1-4-26-17-21-20-16(27-17)19-15(23)12(9-10-25-3)18-14(22)11-7-5-6-8-13(11)24-2/h5-8,12H,4,9-10H2,1-3H3,(H,18,22)(H,19,20,23). The third-order valence-corrected chi connectivity index (χ3v) is 5.99. The molecule has 1 atom stereocenters. The van der Waals surface area contributed by atoms with Crippen LogP contribution in [0.5, 0.6) is 5.75 Å². The van der Waals surface area contributed by atoms with Gasteiger partial charge in [0.25, 0.3) is 5.91 Å². The molecule has 146 valence electrons. The number of thioether (sulfide) groups is 2. The van der Waals surface area contributed by atoms with Gasteiger partial charge >= 0.3 is 0 Å². The van der Waals surface area contributed by atoms with Gasteiger partial charge in [-0.05, 0) is 36.3 Å². The van der Waals surface area contributed by atoms with E-state index in [0.29, 0.717) is 22.9 Å². The van der Waals surface area contributed by atoms with Gasteiger partial charge in [0.05, 0.1) is 12.7 Å². The summed E-state index contributed by atoms with van der Waals surface area (Å²) in [5.41, 5.74) is 0.388. The van der Waals surface area contributed by atoms with Crippen LogP contribution in [0.3, 0.4) is 0 Å². The van der Waals surface area contributed by atoms with Crippen LogP contribution < -0.4 is 15.4 Å². The number of ether oxygens (including phenoxy) is 1. The van der Waals surface area contributed by atoms with Gasteiger partial charge in [0.15, 0.2) is 4.34 Å². The lowest BCUT2D eigenvalue weighted by Crippen LogP contribution is -2.44. The van der Waals surface area contributed by atoms with Gasteiger partial charge in [-0.1, -0.05) is 42.2 Å². The highest BCUT2D eigenvalue weighted by atomic mass is 32.2. The molecule has 2 aromatic rings. The van der Waals surface area contributed by atoms with Crippen molar-refractivity contribution in [1.82, 2.24) is 15.5 Å². The molecule has 0 aliphatic carbocycles. The Hall–Kier alpha value is -1.78. The lowest BCUT2D eigenvalue weighted by Gasteiger charge is -2.18. The van der Waals surface area contributed by atoms with E-state index in [1.165, 1.54) is 18.4 Å². The van der Waals surface area contributed by atoms with Crippen LogP contribution in [0.1, 0.15) is 23.7 Å². The van der Waals surface area contributed by atoms with Gasteiger partial charge in [0.2, 0.25) is 11.0 Å². The molecule has 0 saturated heterocycles. The van der Waals surface area contributed by atoms with Crippen molar-refractivity contribution in [3.05, 3.63) is 29.8 Å². The van der Waals surface area contributed by atoms with Crippen molar-refractivity contribution in [2.45, 2.75) is 23.7 Å². The normalized spacial score (nSPS) is 11.7. The van der Waals surface area contributed by atoms with Crippen molar-refractivity contribution in [3.63, 3.8) is 0 Å². The number of carbonyl (C=O) groups excluding carboxylic acids is 2. The Balaban J connectivity index is 2.08. The first-order valence-corrected chi connectivity index (χ1v) is 11.5. The summed E-state index contributed by atoms with van der Waals surface area (Å²) in [5, 5.41) is 14.0. The van der Waals surface area contributed by atoms with Crippen molar-refractivity contribution in [3.8, 4) is 5.75 Å². The molecule has 10 heteroatoms. The fraction of sp³-hybridized carbons (Fsp3) is 0.412. The molecule has 2 rings (SSSR count). The van der Waals surface area contributed by atoms with Crippen LogP contribution in [0.15, 0.2) is 28.6 Å². The molecule has 0 saturated carbocycles. The Morgan fingerprint density at radius 3 is 2.78 bits per heavy atom. The molecular weight excluding hydrogens is 404 g/mol. The summed E-state index contributed by atoms with van der Waals surface area (Å²) in [5.74, 6) is 1.42. The number of nitrogens with one attached hydrogen (secondary N) is 2. The Bertz CT molecular complexity index is 769. The highest BCUT2D eigenvalue weighted by molar-refractivity contribution is 8.01. The minimum Gasteiger partial charge on any atom is -0.496 e. The first-order chi connectivity index (χ1) is 13.1. The predicted octanol–water partition coefficient (Wildman–Crippen LogP) is 3.15. The van der Waals surface area contributed by atoms with E-state index in [0.717, 1.165) is 15.8 Å². The second kappa shape index (κ2) is 11.2. The number of hydrogen-bond acceptors (Lipinski definition) is 8. The van der Waals surface area contributed by atoms with Gasteiger partial charge in [-0.25, -0.2) is 0 Å². The molecule has 0 fully saturated rings. The summed E-state index contributed by atoms with van der Waals surface area (Å²) in [7, 11) is 1.51. The fourth-order valence-corrected chi connectivity index (χ4v) is 4.33. The van der Waals surface area contributed by atoms with Crippen molar-refractivity contribution < 1.29 is 14.3 Å². The van der Waals surface area contributed by atoms with Gasteiger partial charge in [-0.2, -0.15) is 11.8 Å². The zero-order valence-electron chi connectivity index (χ0n) is 15.4. The largest absolute Gasteiger partial charge is 0.496 e.